The van der Waals surface area contributed by atoms with Gasteiger partial charge in [-0.25, -0.2) is 0 Å². The summed E-state index contributed by atoms with van der Waals surface area (Å²) in [6, 6.07) is 13.8. The highest BCUT2D eigenvalue weighted by molar-refractivity contribution is 9.09. The number of anilines is 1. The zero-order chi connectivity index (χ0) is 28.1. The molecule has 2 aromatic rings. The quantitative estimate of drug-likeness (QED) is 0.405. The number of aliphatic hydroxyl groups excluding tert-OH is 1. The lowest BCUT2D eigenvalue weighted by atomic mass is 9.70. The van der Waals surface area contributed by atoms with Gasteiger partial charge in [0.05, 0.1) is 30.6 Å². The maximum atomic E-state index is 14.2. The molecule has 39 heavy (non-hydrogen) atoms. The Morgan fingerprint density at radius 3 is 2.54 bits per heavy atom. The van der Waals surface area contributed by atoms with E-state index in [2.05, 4.69) is 26.6 Å². The van der Waals surface area contributed by atoms with Crippen molar-refractivity contribution in [3.63, 3.8) is 0 Å². The van der Waals surface area contributed by atoms with Crippen LogP contribution in [-0.2, 0) is 25.7 Å². The molecule has 2 aromatic carbocycles. The molecule has 0 aliphatic carbocycles. The highest BCUT2D eigenvalue weighted by Gasteiger charge is 2.77. The molecule has 0 aromatic heterocycles. The first-order valence-corrected chi connectivity index (χ1v) is 14.4. The largest absolute Gasteiger partial charge is 0.394 e. The minimum atomic E-state index is -1.19. The van der Waals surface area contributed by atoms with Crippen LogP contribution in [0.3, 0.4) is 0 Å². The van der Waals surface area contributed by atoms with E-state index < -0.39 is 35.6 Å². The number of ether oxygens (including phenoxy) is 1. The molecule has 1 spiro atoms. The Morgan fingerprint density at radius 2 is 1.87 bits per heavy atom. The van der Waals surface area contributed by atoms with E-state index in [0.29, 0.717) is 18.7 Å². The maximum absolute atomic E-state index is 14.2. The van der Waals surface area contributed by atoms with Crippen LogP contribution in [0, 0.1) is 31.6 Å². The molecule has 3 fully saturated rings. The fourth-order valence-electron chi connectivity index (χ4n) is 6.62. The molecule has 3 amide bonds. The van der Waals surface area contributed by atoms with Crippen LogP contribution in [0.15, 0.2) is 48.5 Å². The normalized spacial score (nSPS) is 30.0. The lowest BCUT2D eigenvalue weighted by molar-refractivity contribution is -0.145. The second kappa shape index (κ2) is 10.7. The first-order valence-electron chi connectivity index (χ1n) is 13.5. The number of fused-ring (bicyclic) bond motifs is 1. The number of benzene rings is 2. The third-order valence-corrected chi connectivity index (χ3v) is 9.40. The summed E-state index contributed by atoms with van der Waals surface area (Å²) in [5, 5.41) is 16.4. The van der Waals surface area contributed by atoms with Crippen LogP contribution in [0.5, 0.6) is 0 Å². The Labute approximate surface area is 237 Å². The molecule has 7 atom stereocenters. The van der Waals surface area contributed by atoms with Crippen LogP contribution < -0.4 is 10.6 Å². The summed E-state index contributed by atoms with van der Waals surface area (Å²) in [5.41, 5.74) is 2.32. The van der Waals surface area contributed by atoms with E-state index in [0.717, 1.165) is 16.7 Å². The molecular formula is C30H36BrN3O5. The van der Waals surface area contributed by atoms with Gasteiger partial charge in [-0.15, -0.1) is 0 Å². The van der Waals surface area contributed by atoms with Gasteiger partial charge in [-0.05, 0) is 48.9 Å². The second-order valence-corrected chi connectivity index (χ2v) is 12.6. The lowest BCUT2D eigenvalue weighted by Crippen LogP contribution is -2.57. The van der Waals surface area contributed by atoms with Crippen LogP contribution in [-0.4, -0.2) is 63.0 Å². The number of amides is 3. The molecular weight excluding hydrogens is 562 g/mol. The van der Waals surface area contributed by atoms with Crippen molar-refractivity contribution in [3.05, 3.63) is 65.2 Å². The Morgan fingerprint density at radius 1 is 1.15 bits per heavy atom. The van der Waals surface area contributed by atoms with E-state index in [1.54, 1.807) is 0 Å². The third kappa shape index (κ3) is 4.68. The second-order valence-electron chi connectivity index (χ2n) is 11.4. The maximum Gasteiger partial charge on any atom is 0.250 e. The zero-order valence-electron chi connectivity index (χ0n) is 22.7. The summed E-state index contributed by atoms with van der Waals surface area (Å²) in [6.45, 7) is 7.72. The van der Waals surface area contributed by atoms with Crippen molar-refractivity contribution < 1.29 is 24.2 Å². The Balaban J connectivity index is 1.51. The van der Waals surface area contributed by atoms with Crippen molar-refractivity contribution in [1.82, 2.24) is 10.2 Å². The van der Waals surface area contributed by atoms with Crippen molar-refractivity contribution in [3.8, 4) is 0 Å². The van der Waals surface area contributed by atoms with Gasteiger partial charge in [0.25, 0.3) is 0 Å². The molecule has 5 rings (SSSR count). The molecule has 0 saturated carbocycles. The summed E-state index contributed by atoms with van der Waals surface area (Å²) in [6.07, 6.45) is -0.131. The number of nitrogens with one attached hydrogen (secondary N) is 2. The van der Waals surface area contributed by atoms with Crippen LogP contribution in [0.2, 0.25) is 0 Å². The van der Waals surface area contributed by atoms with Crippen molar-refractivity contribution in [1.29, 1.82) is 0 Å². The molecule has 8 nitrogen and oxygen atoms in total. The summed E-state index contributed by atoms with van der Waals surface area (Å²) < 4.78 is 6.57. The number of aliphatic hydroxyl groups is 1. The van der Waals surface area contributed by atoms with Gasteiger partial charge in [0, 0.05) is 17.1 Å². The number of hydrogen-bond acceptors (Lipinski definition) is 5. The number of aryl methyl sites for hydroxylation is 2. The number of halogens is 1. The Hall–Kier alpha value is -2.75. The smallest absolute Gasteiger partial charge is 0.250 e. The topological polar surface area (TPSA) is 108 Å². The molecule has 9 heteroatoms. The standard InChI is InChI=1S/C30H36BrN3O5/c1-16(2)22(15-35)34-26(28(37)33-21-12-17(3)10-11-18(21)4)30-13-20(31)25(39-30)23(24(30)29(34)38)27(36)32-14-19-8-6-5-7-9-19/h5-12,16,20,22-26,35H,13-15H2,1-4H3,(H,32,36)(H,33,37)/t20?,22-,23+,24-,25+,26?,30?/m0/s1. The van der Waals surface area contributed by atoms with E-state index in [1.807, 2.05) is 76.2 Å². The van der Waals surface area contributed by atoms with Crippen LogP contribution in [0.4, 0.5) is 5.69 Å². The van der Waals surface area contributed by atoms with E-state index in [4.69, 9.17) is 4.74 Å². The van der Waals surface area contributed by atoms with Gasteiger partial charge in [0.2, 0.25) is 17.7 Å². The highest BCUT2D eigenvalue weighted by Crippen LogP contribution is 2.60. The summed E-state index contributed by atoms with van der Waals surface area (Å²) in [4.78, 5) is 43.3. The molecule has 2 bridgehead atoms. The number of rotatable bonds is 8. The molecule has 3 N–H and O–H groups in total. The molecule has 3 unspecified atom stereocenters. The fraction of sp³-hybridized carbons (Fsp3) is 0.500. The molecule has 3 aliphatic heterocycles. The van der Waals surface area contributed by atoms with Gasteiger partial charge >= 0.3 is 0 Å². The van der Waals surface area contributed by atoms with Gasteiger partial charge in [0.1, 0.15) is 11.6 Å². The first-order chi connectivity index (χ1) is 18.6. The minimum Gasteiger partial charge on any atom is -0.394 e. The summed E-state index contributed by atoms with van der Waals surface area (Å²) in [7, 11) is 0. The third-order valence-electron chi connectivity index (χ3n) is 8.55. The molecule has 3 aliphatic rings. The van der Waals surface area contributed by atoms with E-state index in [-0.39, 0.29) is 35.1 Å². The van der Waals surface area contributed by atoms with Crippen molar-refractivity contribution in [2.75, 3.05) is 11.9 Å². The van der Waals surface area contributed by atoms with Crippen LogP contribution in [0.1, 0.15) is 37.0 Å². The number of likely N-dealkylation sites (tertiary alicyclic amines) is 1. The monoisotopic (exact) mass is 597 g/mol. The molecule has 0 radical (unpaired) electrons. The van der Waals surface area contributed by atoms with Crippen molar-refractivity contribution in [2.45, 2.75) is 69.3 Å². The van der Waals surface area contributed by atoms with Crippen molar-refractivity contribution in [2.24, 2.45) is 17.8 Å². The van der Waals surface area contributed by atoms with Crippen LogP contribution >= 0.6 is 15.9 Å². The van der Waals surface area contributed by atoms with Gasteiger partial charge in [0.15, 0.2) is 0 Å². The van der Waals surface area contributed by atoms with Crippen LogP contribution in [0.25, 0.3) is 0 Å². The average molecular weight is 599 g/mol. The Kier molecular flexibility index (Phi) is 7.61. The molecule has 208 valence electrons. The number of carbonyl (C=O) groups is 3. The summed E-state index contributed by atoms with van der Waals surface area (Å²) >= 11 is 3.70. The van der Waals surface area contributed by atoms with E-state index in [1.165, 1.54) is 4.90 Å². The average Bonchev–Trinajstić information content (AvgIpc) is 3.49. The zero-order valence-corrected chi connectivity index (χ0v) is 24.3. The number of hydrogen-bond donors (Lipinski definition) is 3. The van der Waals surface area contributed by atoms with Gasteiger partial charge in [-0.3, -0.25) is 14.4 Å². The lowest BCUT2D eigenvalue weighted by Gasteiger charge is -2.38. The molecule has 3 saturated heterocycles. The van der Waals surface area contributed by atoms with E-state index in [9.17, 15) is 19.5 Å². The minimum absolute atomic E-state index is 0.118. The highest BCUT2D eigenvalue weighted by atomic mass is 79.9. The predicted octanol–water partition coefficient (Wildman–Crippen LogP) is 3.32. The predicted molar refractivity (Wildman–Crippen MR) is 151 cm³/mol. The van der Waals surface area contributed by atoms with Gasteiger partial charge in [-0.1, -0.05) is 72.2 Å². The number of nitrogens with zero attached hydrogens (tertiary/aromatic N) is 1. The SMILES string of the molecule is Cc1ccc(C)c(NC(=O)C2N([C@@H](CO)C(C)C)C(=O)[C@@H]3[C@@H](C(=O)NCc4ccccc4)[C@@H]4OC23CC4Br)c1. The van der Waals surface area contributed by atoms with Crippen molar-refractivity contribution >= 4 is 39.3 Å². The van der Waals surface area contributed by atoms with Gasteiger partial charge < -0.3 is 25.4 Å². The number of carbonyl (C=O) groups excluding carboxylic acids is 3. The Bertz CT molecular complexity index is 1270. The first kappa shape index (κ1) is 27.8. The molecule has 3 heterocycles. The summed E-state index contributed by atoms with van der Waals surface area (Å²) in [5.74, 6) is -2.66. The van der Waals surface area contributed by atoms with E-state index >= 15 is 0 Å². The van der Waals surface area contributed by atoms with Gasteiger partial charge in [-0.2, -0.15) is 0 Å². The number of alkyl halides is 1. The fourth-order valence-corrected chi connectivity index (χ4v) is 7.56.